The Bertz CT molecular complexity index is 850. The molecule has 1 atom stereocenters. The fourth-order valence-electron chi connectivity index (χ4n) is 3.44. The number of aromatic nitrogens is 4. The molecule has 0 bridgehead atoms. The molecule has 0 amide bonds. The monoisotopic (exact) mass is 368 g/mol. The van der Waals surface area contributed by atoms with Crippen LogP contribution in [-0.4, -0.2) is 51.3 Å². The number of benzene rings is 2. The summed E-state index contributed by atoms with van der Waals surface area (Å²) >= 11 is 6.44. The van der Waals surface area contributed by atoms with Crippen LogP contribution in [0.2, 0.25) is 5.02 Å². The number of piperazine rings is 1. The number of nitrogens with one attached hydrogen (secondary N) is 1. The second kappa shape index (κ2) is 7.95. The normalized spacial score (nSPS) is 18.1. The Morgan fingerprint density at radius 1 is 1.08 bits per heavy atom. The molecule has 7 heteroatoms. The van der Waals surface area contributed by atoms with Gasteiger partial charge in [0, 0.05) is 43.7 Å². The number of tetrazole rings is 1. The van der Waals surface area contributed by atoms with Crippen molar-refractivity contribution in [2.75, 3.05) is 26.2 Å². The van der Waals surface area contributed by atoms with Gasteiger partial charge < -0.3 is 5.32 Å². The zero-order valence-electron chi connectivity index (χ0n) is 14.4. The smallest absolute Gasteiger partial charge is 0.157 e. The highest BCUT2D eigenvalue weighted by molar-refractivity contribution is 6.31. The van der Waals surface area contributed by atoms with Crippen LogP contribution >= 0.6 is 11.6 Å². The van der Waals surface area contributed by atoms with Gasteiger partial charge in [0.15, 0.2) is 5.82 Å². The van der Waals surface area contributed by atoms with Crippen LogP contribution in [0.25, 0.3) is 5.69 Å². The van der Waals surface area contributed by atoms with Crippen molar-refractivity contribution in [3.8, 4) is 5.69 Å². The standard InChI is InChI=1S/C19H21ClN6/c20-17-9-5-4-8-16(17)18-14-21-11-13-25(18)12-10-19-22-23-24-26(19)15-6-2-1-3-7-15/h1-9,18,21H,10-14H2. The van der Waals surface area contributed by atoms with Gasteiger partial charge in [0.2, 0.25) is 0 Å². The lowest BCUT2D eigenvalue weighted by Crippen LogP contribution is -2.46. The maximum absolute atomic E-state index is 6.44. The van der Waals surface area contributed by atoms with E-state index in [-0.39, 0.29) is 6.04 Å². The van der Waals surface area contributed by atoms with Crippen molar-refractivity contribution >= 4 is 11.6 Å². The van der Waals surface area contributed by atoms with E-state index in [4.69, 9.17) is 11.6 Å². The van der Waals surface area contributed by atoms with Gasteiger partial charge in [-0.3, -0.25) is 4.90 Å². The summed E-state index contributed by atoms with van der Waals surface area (Å²) in [5.74, 6) is 0.868. The largest absolute Gasteiger partial charge is 0.314 e. The fourth-order valence-corrected chi connectivity index (χ4v) is 3.70. The van der Waals surface area contributed by atoms with Crippen LogP contribution in [0.5, 0.6) is 0 Å². The third kappa shape index (κ3) is 3.62. The lowest BCUT2D eigenvalue weighted by molar-refractivity contribution is 0.163. The molecular weight excluding hydrogens is 348 g/mol. The molecule has 26 heavy (non-hydrogen) atoms. The van der Waals surface area contributed by atoms with Crippen molar-refractivity contribution in [3.05, 3.63) is 71.0 Å². The molecular formula is C19H21ClN6. The van der Waals surface area contributed by atoms with Crippen molar-refractivity contribution in [1.82, 2.24) is 30.4 Å². The third-order valence-corrected chi connectivity index (χ3v) is 5.12. The Labute approximate surface area is 157 Å². The molecule has 134 valence electrons. The Hall–Kier alpha value is -2.28. The van der Waals surface area contributed by atoms with Crippen molar-refractivity contribution in [1.29, 1.82) is 0 Å². The molecule has 4 rings (SSSR count). The molecule has 2 heterocycles. The van der Waals surface area contributed by atoms with E-state index in [1.807, 2.05) is 53.2 Å². The van der Waals surface area contributed by atoms with Crippen molar-refractivity contribution in [3.63, 3.8) is 0 Å². The summed E-state index contributed by atoms with van der Waals surface area (Å²) in [6.07, 6.45) is 0.781. The van der Waals surface area contributed by atoms with Gasteiger partial charge in [-0.1, -0.05) is 48.0 Å². The first-order valence-electron chi connectivity index (χ1n) is 8.85. The second-order valence-electron chi connectivity index (χ2n) is 6.37. The molecule has 0 spiro atoms. The Morgan fingerprint density at radius 2 is 1.88 bits per heavy atom. The first kappa shape index (κ1) is 17.1. The number of rotatable bonds is 5. The predicted octanol–water partition coefficient (Wildman–Crippen LogP) is 2.50. The van der Waals surface area contributed by atoms with Gasteiger partial charge in [-0.25, -0.2) is 0 Å². The molecule has 1 aliphatic heterocycles. The van der Waals surface area contributed by atoms with Gasteiger partial charge in [-0.2, -0.15) is 4.68 Å². The van der Waals surface area contributed by atoms with Crippen LogP contribution in [0, 0.1) is 0 Å². The molecule has 6 nitrogen and oxygen atoms in total. The van der Waals surface area contributed by atoms with Crippen LogP contribution in [0.4, 0.5) is 0 Å². The Kier molecular flexibility index (Phi) is 5.24. The number of nitrogens with zero attached hydrogens (tertiary/aromatic N) is 5. The Morgan fingerprint density at radius 3 is 2.73 bits per heavy atom. The average molecular weight is 369 g/mol. The van der Waals surface area contributed by atoms with E-state index in [0.717, 1.165) is 49.1 Å². The van der Waals surface area contributed by atoms with E-state index < -0.39 is 0 Å². The minimum absolute atomic E-state index is 0.263. The van der Waals surface area contributed by atoms with E-state index in [1.54, 1.807) is 0 Å². The van der Waals surface area contributed by atoms with Crippen molar-refractivity contribution < 1.29 is 0 Å². The topological polar surface area (TPSA) is 58.9 Å². The minimum atomic E-state index is 0.263. The number of halogens is 1. The maximum atomic E-state index is 6.44. The number of hydrogen-bond donors (Lipinski definition) is 1. The van der Waals surface area contributed by atoms with Crippen LogP contribution in [0.3, 0.4) is 0 Å². The van der Waals surface area contributed by atoms with E-state index in [0.29, 0.717) is 0 Å². The van der Waals surface area contributed by atoms with Crippen LogP contribution in [0.15, 0.2) is 54.6 Å². The fraction of sp³-hybridized carbons (Fsp3) is 0.316. The maximum Gasteiger partial charge on any atom is 0.157 e. The molecule has 0 radical (unpaired) electrons. The molecule has 1 aromatic heterocycles. The minimum Gasteiger partial charge on any atom is -0.314 e. The predicted molar refractivity (Wildman–Crippen MR) is 101 cm³/mol. The van der Waals surface area contributed by atoms with Gasteiger partial charge in [-0.15, -0.1) is 5.10 Å². The summed E-state index contributed by atoms with van der Waals surface area (Å²) in [5, 5.41) is 16.5. The highest BCUT2D eigenvalue weighted by Crippen LogP contribution is 2.28. The average Bonchev–Trinajstić information content (AvgIpc) is 3.16. The molecule has 1 fully saturated rings. The second-order valence-corrected chi connectivity index (χ2v) is 6.78. The summed E-state index contributed by atoms with van der Waals surface area (Å²) < 4.78 is 1.81. The van der Waals surface area contributed by atoms with Crippen LogP contribution < -0.4 is 5.32 Å². The quantitative estimate of drug-likeness (QED) is 0.749. The summed E-state index contributed by atoms with van der Waals surface area (Å²) in [5.41, 5.74) is 2.15. The number of hydrogen-bond acceptors (Lipinski definition) is 5. The van der Waals surface area contributed by atoms with Gasteiger partial charge in [0.05, 0.1) is 5.69 Å². The summed E-state index contributed by atoms with van der Waals surface area (Å²) in [7, 11) is 0. The van der Waals surface area contributed by atoms with Crippen molar-refractivity contribution in [2.45, 2.75) is 12.5 Å². The first-order chi connectivity index (χ1) is 12.8. The molecule has 1 N–H and O–H groups in total. The van der Waals surface area contributed by atoms with E-state index >= 15 is 0 Å². The molecule has 0 aliphatic carbocycles. The van der Waals surface area contributed by atoms with E-state index in [2.05, 4.69) is 31.8 Å². The van der Waals surface area contributed by atoms with E-state index in [9.17, 15) is 0 Å². The highest BCUT2D eigenvalue weighted by Gasteiger charge is 2.25. The summed E-state index contributed by atoms with van der Waals surface area (Å²) in [4.78, 5) is 2.46. The summed E-state index contributed by atoms with van der Waals surface area (Å²) in [6, 6.07) is 18.3. The molecule has 1 unspecified atom stereocenters. The van der Waals surface area contributed by atoms with Crippen LogP contribution in [0.1, 0.15) is 17.4 Å². The molecule has 0 saturated carbocycles. The van der Waals surface area contributed by atoms with Gasteiger partial charge in [0.1, 0.15) is 0 Å². The summed E-state index contributed by atoms with van der Waals surface area (Å²) in [6.45, 7) is 3.73. The lowest BCUT2D eigenvalue weighted by atomic mass is 10.0. The molecule has 1 saturated heterocycles. The third-order valence-electron chi connectivity index (χ3n) is 4.78. The van der Waals surface area contributed by atoms with Crippen LogP contribution in [-0.2, 0) is 6.42 Å². The highest BCUT2D eigenvalue weighted by atomic mass is 35.5. The van der Waals surface area contributed by atoms with Gasteiger partial charge in [0.25, 0.3) is 0 Å². The zero-order chi connectivity index (χ0) is 17.8. The lowest BCUT2D eigenvalue weighted by Gasteiger charge is -2.36. The Balaban J connectivity index is 1.50. The zero-order valence-corrected chi connectivity index (χ0v) is 15.2. The molecule has 2 aromatic carbocycles. The number of para-hydroxylation sites is 1. The first-order valence-corrected chi connectivity index (χ1v) is 9.22. The van der Waals surface area contributed by atoms with Crippen molar-refractivity contribution in [2.24, 2.45) is 0 Å². The SMILES string of the molecule is Clc1ccccc1C1CNCCN1CCc1nnnn1-c1ccccc1. The van der Waals surface area contributed by atoms with Gasteiger partial charge >= 0.3 is 0 Å². The molecule has 1 aliphatic rings. The molecule has 3 aromatic rings. The van der Waals surface area contributed by atoms with Gasteiger partial charge in [-0.05, 0) is 34.2 Å². The van der Waals surface area contributed by atoms with E-state index in [1.165, 1.54) is 5.56 Å².